The third kappa shape index (κ3) is 2.22. The van der Waals surface area contributed by atoms with Crippen LogP contribution in [0.5, 0.6) is 0 Å². The second-order valence-corrected chi connectivity index (χ2v) is 3.35. The van der Waals surface area contributed by atoms with Gasteiger partial charge in [0.05, 0.1) is 18.6 Å². The van der Waals surface area contributed by atoms with Gasteiger partial charge in [0.1, 0.15) is 0 Å². The van der Waals surface area contributed by atoms with Gasteiger partial charge >= 0.3 is 5.97 Å². The Morgan fingerprint density at radius 3 is 2.88 bits per heavy atom. The maximum Gasteiger partial charge on any atom is 0.376 e. The Labute approximate surface area is 98.4 Å². The lowest BCUT2D eigenvalue weighted by Crippen LogP contribution is -2.05. The van der Waals surface area contributed by atoms with E-state index in [1.54, 1.807) is 19.1 Å². The number of hydrogen-bond acceptors (Lipinski definition) is 5. The zero-order chi connectivity index (χ0) is 12.3. The Morgan fingerprint density at radius 2 is 2.29 bits per heavy atom. The lowest BCUT2D eigenvalue weighted by atomic mass is 10.3. The molecular formula is C12H13NO4. The minimum absolute atomic E-state index is 0.153. The van der Waals surface area contributed by atoms with Gasteiger partial charge in [0.15, 0.2) is 5.76 Å². The summed E-state index contributed by atoms with van der Waals surface area (Å²) < 4.78 is 15.4. The number of aryl methyl sites for hydroxylation is 1. The second kappa shape index (κ2) is 4.86. The van der Waals surface area contributed by atoms with Gasteiger partial charge in [-0.2, -0.15) is 0 Å². The molecule has 0 saturated carbocycles. The average molecular weight is 235 g/mol. The molecule has 90 valence electrons. The molecule has 0 atom stereocenters. The molecule has 0 fully saturated rings. The van der Waals surface area contributed by atoms with Crippen LogP contribution in [-0.2, 0) is 11.2 Å². The molecule has 0 unspecified atom stereocenters. The standard InChI is InChI=1S/C12H13NO4/c1-3-8-10(12(14)15-4-2)17-11(13-8)9-6-5-7-16-9/h5-7H,3-4H2,1-2H3. The predicted octanol–water partition coefficient (Wildman–Crippen LogP) is 2.67. The van der Waals surface area contributed by atoms with E-state index < -0.39 is 5.97 Å². The fraction of sp³-hybridized carbons (Fsp3) is 0.333. The van der Waals surface area contributed by atoms with E-state index in [4.69, 9.17) is 13.6 Å². The molecular weight excluding hydrogens is 222 g/mol. The number of carbonyl (C=O) groups excluding carboxylic acids is 1. The van der Waals surface area contributed by atoms with Crippen molar-refractivity contribution in [2.45, 2.75) is 20.3 Å². The highest BCUT2D eigenvalue weighted by Gasteiger charge is 2.21. The summed E-state index contributed by atoms with van der Waals surface area (Å²) in [6, 6.07) is 3.45. The van der Waals surface area contributed by atoms with E-state index in [0.29, 0.717) is 30.4 Å². The van der Waals surface area contributed by atoms with Crippen LogP contribution in [0.25, 0.3) is 11.7 Å². The molecule has 0 aliphatic heterocycles. The van der Waals surface area contributed by atoms with Gasteiger partial charge in [-0.25, -0.2) is 9.78 Å². The number of rotatable bonds is 4. The molecule has 0 aliphatic rings. The van der Waals surface area contributed by atoms with Crippen LogP contribution < -0.4 is 0 Å². The first-order valence-corrected chi connectivity index (χ1v) is 5.47. The first-order valence-electron chi connectivity index (χ1n) is 5.47. The van der Waals surface area contributed by atoms with Crippen LogP contribution in [0.2, 0.25) is 0 Å². The molecule has 0 saturated heterocycles. The number of aromatic nitrogens is 1. The monoisotopic (exact) mass is 235 g/mol. The normalized spacial score (nSPS) is 10.5. The van der Waals surface area contributed by atoms with E-state index in [9.17, 15) is 4.79 Å². The van der Waals surface area contributed by atoms with Crippen LogP contribution in [0.1, 0.15) is 30.1 Å². The van der Waals surface area contributed by atoms with Gasteiger partial charge in [0.25, 0.3) is 5.89 Å². The van der Waals surface area contributed by atoms with Crippen LogP contribution in [0.3, 0.4) is 0 Å². The number of oxazole rings is 1. The van der Waals surface area contributed by atoms with Crippen molar-refractivity contribution < 1.29 is 18.4 Å². The fourth-order valence-electron chi connectivity index (χ4n) is 1.45. The first kappa shape index (κ1) is 11.4. The highest BCUT2D eigenvalue weighted by atomic mass is 16.5. The number of ether oxygens (including phenoxy) is 1. The summed E-state index contributed by atoms with van der Waals surface area (Å²) in [6.45, 7) is 3.94. The highest BCUT2D eigenvalue weighted by Crippen LogP contribution is 2.23. The Morgan fingerprint density at radius 1 is 1.47 bits per heavy atom. The van der Waals surface area contributed by atoms with Gasteiger partial charge < -0.3 is 13.6 Å². The number of hydrogen-bond donors (Lipinski definition) is 0. The van der Waals surface area contributed by atoms with E-state index >= 15 is 0 Å². The number of esters is 1. The van der Waals surface area contributed by atoms with E-state index in [1.807, 2.05) is 6.92 Å². The third-order valence-electron chi connectivity index (χ3n) is 2.23. The molecule has 0 radical (unpaired) electrons. The van der Waals surface area contributed by atoms with Gasteiger partial charge in [-0.3, -0.25) is 0 Å². The molecule has 5 heteroatoms. The van der Waals surface area contributed by atoms with Crippen LogP contribution in [0, 0.1) is 0 Å². The van der Waals surface area contributed by atoms with E-state index in [0.717, 1.165) is 0 Å². The minimum Gasteiger partial charge on any atom is -0.460 e. The van der Waals surface area contributed by atoms with E-state index in [-0.39, 0.29) is 5.76 Å². The number of carbonyl (C=O) groups is 1. The van der Waals surface area contributed by atoms with E-state index in [2.05, 4.69) is 4.98 Å². The summed E-state index contributed by atoms with van der Waals surface area (Å²) in [5.41, 5.74) is 0.579. The molecule has 5 nitrogen and oxygen atoms in total. The Balaban J connectivity index is 2.36. The fourth-order valence-corrected chi connectivity index (χ4v) is 1.45. The molecule has 0 spiro atoms. The van der Waals surface area contributed by atoms with Crippen molar-refractivity contribution in [2.24, 2.45) is 0 Å². The van der Waals surface area contributed by atoms with Crippen LogP contribution in [0.15, 0.2) is 27.2 Å². The molecule has 17 heavy (non-hydrogen) atoms. The van der Waals surface area contributed by atoms with E-state index in [1.165, 1.54) is 6.26 Å². The van der Waals surface area contributed by atoms with Crippen molar-refractivity contribution in [3.8, 4) is 11.7 Å². The van der Waals surface area contributed by atoms with Gasteiger partial charge in [-0.15, -0.1) is 0 Å². The lowest BCUT2D eigenvalue weighted by molar-refractivity contribution is 0.0489. The molecule has 0 N–H and O–H groups in total. The molecule has 0 aromatic carbocycles. The zero-order valence-corrected chi connectivity index (χ0v) is 9.73. The summed E-state index contributed by atoms with van der Waals surface area (Å²) in [5, 5.41) is 0. The van der Waals surface area contributed by atoms with Gasteiger partial charge in [-0.1, -0.05) is 6.92 Å². The predicted molar refractivity (Wildman–Crippen MR) is 59.5 cm³/mol. The second-order valence-electron chi connectivity index (χ2n) is 3.35. The topological polar surface area (TPSA) is 65.5 Å². The first-order chi connectivity index (χ1) is 8.26. The Hall–Kier alpha value is -2.04. The van der Waals surface area contributed by atoms with Gasteiger partial charge in [0, 0.05) is 0 Å². The van der Waals surface area contributed by atoms with Crippen molar-refractivity contribution in [3.05, 3.63) is 29.9 Å². The molecule has 2 aromatic heterocycles. The molecule has 2 aromatic rings. The van der Waals surface area contributed by atoms with Crippen LogP contribution in [0.4, 0.5) is 0 Å². The van der Waals surface area contributed by atoms with Crippen molar-refractivity contribution in [3.63, 3.8) is 0 Å². The lowest BCUT2D eigenvalue weighted by Gasteiger charge is -1.98. The zero-order valence-electron chi connectivity index (χ0n) is 9.73. The minimum atomic E-state index is -0.491. The maximum atomic E-state index is 11.6. The Bertz CT molecular complexity index is 499. The summed E-state index contributed by atoms with van der Waals surface area (Å²) >= 11 is 0. The van der Waals surface area contributed by atoms with Crippen molar-refractivity contribution in [1.82, 2.24) is 4.98 Å². The molecule has 0 bridgehead atoms. The third-order valence-corrected chi connectivity index (χ3v) is 2.23. The Kier molecular flexibility index (Phi) is 3.27. The highest BCUT2D eigenvalue weighted by molar-refractivity contribution is 5.87. The SMILES string of the molecule is CCOC(=O)c1oc(-c2ccco2)nc1CC. The van der Waals surface area contributed by atoms with Crippen molar-refractivity contribution in [1.29, 1.82) is 0 Å². The van der Waals surface area contributed by atoms with Crippen LogP contribution in [-0.4, -0.2) is 17.6 Å². The smallest absolute Gasteiger partial charge is 0.376 e. The summed E-state index contributed by atoms with van der Waals surface area (Å²) in [7, 11) is 0. The number of furan rings is 1. The van der Waals surface area contributed by atoms with Crippen LogP contribution >= 0.6 is 0 Å². The van der Waals surface area contributed by atoms with Crippen molar-refractivity contribution >= 4 is 5.97 Å². The van der Waals surface area contributed by atoms with Gasteiger partial charge in [0.2, 0.25) is 5.76 Å². The van der Waals surface area contributed by atoms with Gasteiger partial charge in [-0.05, 0) is 25.5 Å². The largest absolute Gasteiger partial charge is 0.460 e. The quantitative estimate of drug-likeness (QED) is 0.762. The average Bonchev–Trinajstić information content (AvgIpc) is 2.97. The molecule has 0 amide bonds. The summed E-state index contributed by atoms with van der Waals surface area (Å²) in [4.78, 5) is 15.8. The molecule has 2 heterocycles. The summed E-state index contributed by atoms with van der Waals surface area (Å²) in [5.74, 6) is 0.459. The summed E-state index contributed by atoms with van der Waals surface area (Å²) in [6.07, 6.45) is 2.12. The maximum absolute atomic E-state index is 11.6. The number of nitrogens with zero attached hydrogens (tertiary/aromatic N) is 1. The molecule has 2 rings (SSSR count). The van der Waals surface area contributed by atoms with Crippen molar-refractivity contribution in [2.75, 3.05) is 6.61 Å². The molecule has 0 aliphatic carbocycles.